The van der Waals surface area contributed by atoms with Crippen molar-refractivity contribution in [2.24, 2.45) is 7.05 Å². The number of thioether (sulfide) groups is 1. The predicted molar refractivity (Wildman–Crippen MR) is 119 cm³/mol. The molecule has 0 fully saturated rings. The van der Waals surface area contributed by atoms with Crippen LogP contribution < -0.4 is 5.32 Å². The first-order chi connectivity index (χ1) is 13.9. The predicted octanol–water partition coefficient (Wildman–Crippen LogP) is 4.72. The lowest BCUT2D eigenvalue weighted by molar-refractivity contribution is 0.0757. The number of fused-ring (bicyclic) bond motifs is 1. The van der Waals surface area contributed by atoms with Crippen LogP contribution in [0.25, 0.3) is 11.0 Å². The summed E-state index contributed by atoms with van der Waals surface area (Å²) in [6, 6.07) is 14.2. The number of aryl methyl sites for hydroxylation is 2. The van der Waals surface area contributed by atoms with Crippen LogP contribution in [0.1, 0.15) is 41.8 Å². The van der Waals surface area contributed by atoms with Crippen LogP contribution in [-0.2, 0) is 17.5 Å². The molecule has 2 aromatic carbocycles. The van der Waals surface area contributed by atoms with Crippen molar-refractivity contribution in [2.45, 2.75) is 44.2 Å². The van der Waals surface area contributed by atoms with Crippen molar-refractivity contribution in [3.05, 3.63) is 59.2 Å². The van der Waals surface area contributed by atoms with Gasteiger partial charge in [-0.15, -0.1) is 0 Å². The highest BCUT2D eigenvalue weighted by Gasteiger charge is 2.12. The van der Waals surface area contributed by atoms with Crippen molar-refractivity contribution in [2.75, 3.05) is 13.2 Å². The minimum absolute atomic E-state index is 0.0634. The smallest absolute Gasteiger partial charge is 0.251 e. The van der Waals surface area contributed by atoms with Gasteiger partial charge in [0.1, 0.15) is 0 Å². The van der Waals surface area contributed by atoms with Crippen molar-refractivity contribution in [1.82, 2.24) is 14.9 Å². The summed E-state index contributed by atoms with van der Waals surface area (Å²) in [7, 11) is 2.00. The summed E-state index contributed by atoms with van der Waals surface area (Å²) in [6.07, 6.45) is 1.02. The van der Waals surface area contributed by atoms with E-state index < -0.39 is 0 Å². The third-order valence-corrected chi connectivity index (χ3v) is 5.75. The summed E-state index contributed by atoms with van der Waals surface area (Å²) in [5.41, 5.74) is 5.06. The lowest BCUT2D eigenvalue weighted by Gasteiger charge is -2.08. The SMILES string of the molecule is Cc1ccc(CSc2nc3ccc(C(=O)NCCCOC(C)C)cc3n2C)cc1. The summed E-state index contributed by atoms with van der Waals surface area (Å²) in [5, 5.41) is 3.91. The molecule has 0 bridgehead atoms. The maximum absolute atomic E-state index is 12.5. The molecule has 154 valence electrons. The Morgan fingerprint density at radius 3 is 2.69 bits per heavy atom. The van der Waals surface area contributed by atoms with E-state index in [2.05, 4.69) is 41.1 Å². The highest BCUT2D eigenvalue weighted by Crippen LogP contribution is 2.26. The zero-order valence-corrected chi connectivity index (χ0v) is 18.4. The van der Waals surface area contributed by atoms with Gasteiger partial charge in [0.15, 0.2) is 5.16 Å². The summed E-state index contributed by atoms with van der Waals surface area (Å²) in [4.78, 5) is 17.2. The summed E-state index contributed by atoms with van der Waals surface area (Å²) >= 11 is 1.70. The van der Waals surface area contributed by atoms with E-state index in [1.807, 2.05) is 39.1 Å². The molecule has 1 heterocycles. The standard InChI is InChI=1S/C23H29N3O2S/c1-16(2)28-13-5-12-24-22(27)19-10-11-20-21(14-19)26(4)23(25-20)29-15-18-8-6-17(3)7-9-18/h6-11,14,16H,5,12-13,15H2,1-4H3,(H,24,27). The largest absolute Gasteiger partial charge is 0.379 e. The maximum Gasteiger partial charge on any atom is 0.251 e. The lowest BCUT2D eigenvalue weighted by atomic mass is 10.2. The van der Waals surface area contributed by atoms with Crippen molar-refractivity contribution < 1.29 is 9.53 Å². The molecule has 6 heteroatoms. The fourth-order valence-electron chi connectivity index (χ4n) is 2.97. The van der Waals surface area contributed by atoms with Crippen LogP contribution in [0.4, 0.5) is 0 Å². The number of benzene rings is 2. The summed E-state index contributed by atoms with van der Waals surface area (Å²) in [6.45, 7) is 7.37. The minimum atomic E-state index is -0.0634. The van der Waals surface area contributed by atoms with Gasteiger partial charge >= 0.3 is 0 Å². The molecular weight excluding hydrogens is 382 g/mol. The van der Waals surface area contributed by atoms with Gasteiger partial charge in [-0.3, -0.25) is 4.79 Å². The number of hydrogen-bond acceptors (Lipinski definition) is 4. The highest BCUT2D eigenvalue weighted by atomic mass is 32.2. The van der Waals surface area contributed by atoms with E-state index in [1.54, 1.807) is 11.8 Å². The zero-order chi connectivity index (χ0) is 20.8. The molecular formula is C23H29N3O2S. The average molecular weight is 412 g/mol. The number of aromatic nitrogens is 2. The summed E-state index contributed by atoms with van der Waals surface area (Å²) in [5.74, 6) is 0.801. The van der Waals surface area contributed by atoms with Crippen LogP contribution in [0.15, 0.2) is 47.6 Å². The fraction of sp³-hybridized carbons (Fsp3) is 0.391. The van der Waals surface area contributed by atoms with Crippen molar-refractivity contribution in [3.8, 4) is 0 Å². The molecule has 0 radical (unpaired) electrons. The minimum Gasteiger partial charge on any atom is -0.379 e. The maximum atomic E-state index is 12.5. The van der Waals surface area contributed by atoms with E-state index >= 15 is 0 Å². The number of carbonyl (C=O) groups excluding carboxylic acids is 1. The molecule has 0 atom stereocenters. The van der Waals surface area contributed by atoms with Crippen LogP contribution in [0.5, 0.6) is 0 Å². The zero-order valence-electron chi connectivity index (χ0n) is 17.6. The normalized spacial score (nSPS) is 11.3. The second-order valence-electron chi connectivity index (χ2n) is 7.46. The Kier molecular flexibility index (Phi) is 7.34. The van der Waals surface area contributed by atoms with Crippen LogP contribution in [-0.4, -0.2) is 34.7 Å². The van der Waals surface area contributed by atoms with Gasteiger partial charge in [-0.2, -0.15) is 0 Å². The highest BCUT2D eigenvalue weighted by molar-refractivity contribution is 7.98. The van der Waals surface area contributed by atoms with Gasteiger partial charge in [-0.1, -0.05) is 41.6 Å². The van der Waals surface area contributed by atoms with Crippen LogP contribution in [0.3, 0.4) is 0 Å². The number of nitrogens with zero attached hydrogens (tertiary/aromatic N) is 2. The first kappa shape index (κ1) is 21.4. The van der Waals surface area contributed by atoms with E-state index in [1.165, 1.54) is 11.1 Å². The van der Waals surface area contributed by atoms with E-state index in [9.17, 15) is 4.79 Å². The molecule has 3 rings (SSSR count). The van der Waals surface area contributed by atoms with Crippen molar-refractivity contribution in [3.63, 3.8) is 0 Å². The van der Waals surface area contributed by atoms with E-state index in [4.69, 9.17) is 9.72 Å². The van der Waals surface area contributed by atoms with Gasteiger partial charge in [0, 0.05) is 31.5 Å². The fourth-order valence-corrected chi connectivity index (χ4v) is 3.91. The molecule has 0 unspecified atom stereocenters. The van der Waals surface area contributed by atoms with E-state index in [0.29, 0.717) is 18.7 Å². The van der Waals surface area contributed by atoms with Gasteiger partial charge in [-0.25, -0.2) is 4.98 Å². The Bertz CT molecular complexity index is 964. The van der Waals surface area contributed by atoms with Gasteiger partial charge in [0.2, 0.25) is 0 Å². The molecule has 0 aliphatic carbocycles. The monoisotopic (exact) mass is 411 g/mol. The molecule has 3 aromatic rings. The Labute approximate surface area is 176 Å². The van der Waals surface area contributed by atoms with Crippen LogP contribution in [0, 0.1) is 6.92 Å². The first-order valence-corrected chi connectivity index (χ1v) is 11.0. The third-order valence-electron chi connectivity index (χ3n) is 4.65. The topological polar surface area (TPSA) is 56.1 Å². The van der Waals surface area contributed by atoms with Gasteiger partial charge in [0.25, 0.3) is 5.91 Å². The molecule has 0 aliphatic heterocycles. The number of amides is 1. The Morgan fingerprint density at radius 1 is 1.21 bits per heavy atom. The molecule has 0 aliphatic rings. The molecule has 0 spiro atoms. The van der Waals surface area contributed by atoms with Crippen LogP contribution >= 0.6 is 11.8 Å². The summed E-state index contributed by atoms with van der Waals surface area (Å²) < 4.78 is 7.56. The van der Waals surface area contributed by atoms with E-state index in [-0.39, 0.29) is 12.0 Å². The average Bonchev–Trinajstić information content (AvgIpc) is 3.02. The number of rotatable bonds is 9. The van der Waals surface area contributed by atoms with Gasteiger partial charge < -0.3 is 14.6 Å². The second kappa shape index (κ2) is 9.94. The van der Waals surface area contributed by atoms with Gasteiger partial charge in [0.05, 0.1) is 17.1 Å². The molecule has 0 saturated heterocycles. The van der Waals surface area contributed by atoms with Crippen molar-refractivity contribution >= 4 is 28.7 Å². The van der Waals surface area contributed by atoms with Crippen molar-refractivity contribution in [1.29, 1.82) is 0 Å². The molecule has 1 amide bonds. The molecule has 1 aromatic heterocycles. The third kappa shape index (κ3) is 5.84. The Balaban J connectivity index is 1.62. The molecule has 29 heavy (non-hydrogen) atoms. The number of imidazole rings is 1. The number of hydrogen-bond donors (Lipinski definition) is 1. The van der Waals surface area contributed by atoms with Gasteiger partial charge in [-0.05, 0) is 51.0 Å². The van der Waals surface area contributed by atoms with Crippen LogP contribution in [0.2, 0.25) is 0 Å². The lowest BCUT2D eigenvalue weighted by Crippen LogP contribution is -2.25. The Morgan fingerprint density at radius 2 is 1.97 bits per heavy atom. The second-order valence-corrected chi connectivity index (χ2v) is 8.40. The Hall–Kier alpha value is -2.31. The number of nitrogens with one attached hydrogen (secondary N) is 1. The number of ether oxygens (including phenoxy) is 1. The molecule has 5 nitrogen and oxygen atoms in total. The molecule has 0 saturated carbocycles. The van der Waals surface area contributed by atoms with E-state index in [0.717, 1.165) is 28.4 Å². The quantitative estimate of drug-likeness (QED) is 0.409. The molecule has 1 N–H and O–H groups in total. The number of carbonyl (C=O) groups is 1. The first-order valence-electron chi connectivity index (χ1n) is 9.98.